The minimum absolute atomic E-state index is 0.466. The zero-order chi connectivity index (χ0) is 16.9. The number of hydrogen-bond acceptors (Lipinski definition) is 5. The number of nitrogens with zero attached hydrogens (tertiary/aromatic N) is 1. The maximum atomic E-state index is 6.03. The molecule has 0 N–H and O–H groups in total. The maximum Gasteiger partial charge on any atom is 0.282 e. The highest BCUT2D eigenvalue weighted by atomic mass is 35.5. The number of ether oxygens (including phenoxy) is 3. The summed E-state index contributed by atoms with van der Waals surface area (Å²) in [6, 6.07) is 13.0. The molecule has 0 saturated heterocycles. The Morgan fingerprint density at radius 2 is 1.75 bits per heavy atom. The van der Waals surface area contributed by atoms with Crippen molar-refractivity contribution in [2.75, 3.05) is 7.11 Å². The highest BCUT2D eigenvalue weighted by molar-refractivity contribution is 7.15. The van der Waals surface area contributed by atoms with Gasteiger partial charge < -0.3 is 14.2 Å². The number of hydrogen-bond donors (Lipinski definition) is 0. The van der Waals surface area contributed by atoms with Gasteiger partial charge in [0.25, 0.3) is 5.19 Å². The summed E-state index contributed by atoms with van der Waals surface area (Å²) in [5.41, 5.74) is 1.14. The molecule has 123 valence electrons. The zero-order valence-electron chi connectivity index (χ0n) is 13.2. The molecule has 2 aromatic carbocycles. The molecule has 1 aromatic heterocycles. The summed E-state index contributed by atoms with van der Waals surface area (Å²) in [6.45, 7) is 1.99. The van der Waals surface area contributed by atoms with Gasteiger partial charge in [-0.25, -0.2) is 4.98 Å². The minimum Gasteiger partial charge on any atom is -0.497 e. The highest BCUT2D eigenvalue weighted by Gasteiger charge is 2.08. The molecule has 0 aliphatic heterocycles. The van der Waals surface area contributed by atoms with Crippen LogP contribution < -0.4 is 14.2 Å². The Balaban J connectivity index is 1.70. The fourth-order valence-electron chi connectivity index (χ4n) is 2.00. The molecule has 24 heavy (non-hydrogen) atoms. The van der Waals surface area contributed by atoms with E-state index in [1.165, 1.54) is 11.3 Å². The summed E-state index contributed by atoms with van der Waals surface area (Å²) >= 11 is 7.33. The lowest BCUT2D eigenvalue weighted by atomic mass is 10.2. The van der Waals surface area contributed by atoms with Gasteiger partial charge in [0, 0.05) is 11.1 Å². The van der Waals surface area contributed by atoms with E-state index >= 15 is 0 Å². The first-order valence-corrected chi connectivity index (χ1v) is 8.41. The van der Waals surface area contributed by atoms with Crippen LogP contribution in [-0.2, 0) is 0 Å². The molecule has 3 rings (SSSR count). The topological polar surface area (TPSA) is 40.6 Å². The summed E-state index contributed by atoms with van der Waals surface area (Å²) in [4.78, 5) is 4.21. The van der Waals surface area contributed by atoms with E-state index in [1.54, 1.807) is 31.5 Å². The normalized spacial score (nSPS) is 10.5. The van der Waals surface area contributed by atoms with Gasteiger partial charge >= 0.3 is 0 Å². The van der Waals surface area contributed by atoms with Crippen LogP contribution in [0.2, 0.25) is 5.02 Å². The summed E-state index contributed by atoms with van der Waals surface area (Å²) < 4.78 is 16.7. The molecule has 3 aromatic rings. The molecular weight excluding hydrogens is 346 g/mol. The predicted octanol–water partition coefficient (Wildman–Crippen LogP) is 5.96. The number of methoxy groups -OCH3 is 1. The Labute approximate surface area is 149 Å². The summed E-state index contributed by atoms with van der Waals surface area (Å²) in [5.74, 6) is 1.93. The van der Waals surface area contributed by atoms with Crippen molar-refractivity contribution in [1.82, 2.24) is 4.98 Å². The Bertz CT molecular complexity index is 817. The molecule has 0 saturated carbocycles. The second-order valence-electron chi connectivity index (χ2n) is 4.83. The van der Waals surface area contributed by atoms with Crippen LogP contribution in [0.15, 0.2) is 48.7 Å². The van der Waals surface area contributed by atoms with Crippen molar-refractivity contribution < 1.29 is 14.2 Å². The Morgan fingerprint density at radius 3 is 2.46 bits per heavy atom. The molecule has 0 unspecified atom stereocenters. The first-order chi connectivity index (χ1) is 11.7. The van der Waals surface area contributed by atoms with Crippen molar-refractivity contribution in [2.45, 2.75) is 6.92 Å². The molecular formula is C18H15ClNO3S. The van der Waals surface area contributed by atoms with Gasteiger partial charge in [-0.05, 0) is 47.6 Å². The molecule has 0 fully saturated rings. The van der Waals surface area contributed by atoms with Crippen LogP contribution in [0.1, 0.15) is 12.5 Å². The fraction of sp³-hybridized carbons (Fsp3) is 0.111. The molecule has 0 bridgehead atoms. The number of rotatable bonds is 6. The standard InChI is InChI=1S/C18H15ClNO3S/c1-3-12-4-6-14(7-5-12)22-17-11-20-18(24-17)23-16-9-13(19)8-15(10-16)21-2/h3-11H,1-2H3. The SMILES string of the molecule is C[CH]c1ccc(Oc2cnc(Oc3cc(Cl)cc(OC)c3)s2)cc1. The van der Waals surface area contributed by atoms with Gasteiger partial charge in [0.2, 0.25) is 5.06 Å². The van der Waals surface area contributed by atoms with Gasteiger partial charge in [-0.2, -0.15) is 0 Å². The molecule has 0 atom stereocenters. The molecule has 0 aliphatic carbocycles. The second kappa shape index (κ2) is 7.55. The van der Waals surface area contributed by atoms with Gasteiger partial charge in [0.05, 0.1) is 13.3 Å². The molecule has 0 amide bonds. The van der Waals surface area contributed by atoms with Gasteiger partial charge in [-0.15, -0.1) is 0 Å². The third-order valence-corrected chi connectivity index (χ3v) is 4.15. The van der Waals surface area contributed by atoms with E-state index in [0.29, 0.717) is 26.8 Å². The van der Waals surface area contributed by atoms with Crippen molar-refractivity contribution >= 4 is 22.9 Å². The molecule has 0 spiro atoms. The van der Waals surface area contributed by atoms with Crippen LogP contribution in [0.5, 0.6) is 27.5 Å². The predicted molar refractivity (Wildman–Crippen MR) is 95.8 cm³/mol. The van der Waals surface area contributed by atoms with Crippen LogP contribution in [0, 0.1) is 6.42 Å². The minimum atomic E-state index is 0.466. The summed E-state index contributed by atoms with van der Waals surface area (Å²) in [7, 11) is 1.58. The molecule has 6 heteroatoms. The van der Waals surface area contributed by atoms with Crippen LogP contribution in [-0.4, -0.2) is 12.1 Å². The van der Waals surface area contributed by atoms with E-state index in [1.807, 2.05) is 37.6 Å². The first kappa shape index (κ1) is 16.6. The molecule has 1 heterocycles. The average Bonchev–Trinajstić information content (AvgIpc) is 3.02. The molecule has 0 aliphatic rings. The van der Waals surface area contributed by atoms with Gasteiger partial charge in [0.15, 0.2) is 0 Å². The number of halogens is 1. The van der Waals surface area contributed by atoms with Crippen molar-refractivity contribution in [3.05, 3.63) is 65.7 Å². The lowest BCUT2D eigenvalue weighted by molar-refractivity contribution is 0.409. The number of benzene rings is 2. The average molecular weight is 361 g/mol. The van der Waals surface area contributed by atoms with E-state index in [9.17, 15) is 0 Å². The Hall–Kier alpha value is -2.24. The third-order valence-electron chi connectivity index (χ3n) is 3.18. The van der Waals surface area contributed by atoms with E-state index in [-0.39, 0.29) is 0 Å². The van der Waals surface area contributed by atoms with E-state index in [4.69, 9.17) is 25.8 Å². The van der Waals surface area contributed by atoms with Gasteiger partial charge in [0.1, 0.15) is 17.2 Å². The van der Waals surface area contributed by atoms with Crippen LogP contribution in [0.25, 0.3) is 0 Å². The zero-order valence-corrected chi connectivity index (χ0v) is 14.7. The number of aromatic nitrogens is 1. The third kappa shape index (κ3) is 4.19. The monoisotopic (exact) mass is 360 g/mol. The largest absolute Gasteiger partial charge is 0.497 e. The lowest BCUT2D eigenvalue weighted by Crippen LogP contribution is -1.86. The van der Waals surface area contributed by atoms with E-state index in [2.05, 4.69) is 4.98 Å². The number of thiazole rings is 1. The lowest BCUT2D eigenvalue weighted by Gasteiger charge is -2.05. The maximum absolute atomic E-state index is 6.03. The van der Waals surface area contributed by atoms with Gasteiger partial charge in [-0.1, -0.05) is 30.7 Å². The van der Waals surface area contributed by atoms with Crippen LogP contribution >= 0.6 is 22.9 Å². The second-order valence-corrected chi connectivity index (χ2v) is 6.23. The Morgan fingerprint density at radius 1 is 1.00 bits per heavy atom. The van der Waals surface area contributed by atoms with Crippen molar-refractivity contribution in [3.63, 3.8) is 0 Å². The smallest absolute Gasteiger partial charge is 0.282 e. The van der Waals surface area contributed by atoms with Crippen LogP contribution in [0.3, 0.4) is 0 Å². The molecule has 1 radical (unpaired) electrons. The quantitative estimate of drug-likeness (QED) is 0.543. The summed E-state index contributed by atoms with van der Waals surface area (Å²) in [6.07, 6.45) is 3.66. The van der Waals surface area contributed by atoms with Crippen LogP contribution in [0.4, 0.5) is 0 Å². The Kier molecular flexibility index (Phi) is 5.23. The van der Waals surface area contributed by atoms with E-state index < -0.39 is 0 Å². The highest BCUT2D eigenvalue weighted by Crippen LogP contribution is 2.36. The van der Waals surface area contributed by atoms with Crippen molar-refractivity contribution in [3.8, 4) is 27.5 Å². The van der Waals surface area contributed by atoms with E-state index in [0.717, 1.165) is 11.3 Å². The fourth-order valence-corrected chi connectivity index (χ4v) is 2.87. The van der Waals surface area contributed by atoms with Crippen molar-refractivity contribution in [2.24, 2.45) is 0 Å². The first-order valence-electron chi connectivity index (χ1n) is 7.22. The summed E-state index contributed by atoms with van der Waals surface area (Å²) in [5, 5.41) is 1.64. The molecule has 4 nitrogen and oxygen atoms in total. The van der Waals surface area contributed by atoms with Gasteiger partial charge in [-0.3, -0.25) is 0 Å². The van der Waals surface area contributed by atoms with Crippen molar-refractivity contribution in [1.29, 1.82) is 0 Å².